The van der Waals surface area contributed by atoms with Gasteiger partial charge in [0.15, 0.2) is 0 Å². The SMILES string of the molecule is F/C(=C(/F)C(F)(F)C(F)F)C(F)(F)F. The van der Waals surface area contributed by atoms with Crippen molar-refractivity contribution in [3.8, 4) is 0 Å². The summed E-state index contributed by atoms with van der Waals surface area (Å²) in [5, 5.41) is 0. The lowest BCUT2D eigenvalue weighted by Crippen LogP contribution is -2.30. The molecular formula is C5HF9. The van der Waals surface area contributed by atoms with Gasteiger partial charge in [-0.05, 0) is 0 Å². The summed E-state index contributed by atoms with van der Waals surface area (Å²) >= 11 is 0. The van der Waals surface area contributed by atoms with Gasteiger partial charge in [0.25, 0.3) is 0 Å². The minimum atomic E-state index is -6.05. The van der Waals surface area contributed by atoms with Crippen LogP contribution in [0.3, 0.4) is 0 Å². The number of hydrogen-bond acceptors (Lipinski definition) is 0. The average molecular weight is 232 g/mol. The van der Waals surface area contributed by atoms with E-state index in [1.54, 1.807) is 0 Å². The smallest absolute Gasteiger partial charge is 0.203 e. The van der Waals surface area contributed by atoms with Crippen molar-refractivity contribution < 1.29 is 39.5 Å². The number of hydrogen-bond donors (Lipinski definition) is 0. The third-order valence-electron chi connectivity index (χ3n) is 1.01. The van der Waals surface area contributed by atoms with Gasteiger partial charge in [-0.15, -0.1) is 0 Å². The van der Waals surface area contributed by atoms with Crippen molar-refractivity contribution in [1.29, 1.82) is 0 Å². The fraction of sp³-hybridized carbons (Fsp3) is 0.600. The van der Waals surface area contributed by atoms with Crippen molar-refractivity contribution >= 4 is 0 Å². The highest BCUT2D eigenvalue weighted by Crippen LogP contribution is 2.39. The summed E-state index contributed by atoms with van der Waals surface area (Å²) in [5.74, 6) is -13.5. The first kappa shape index (κ1) is 13.1. The quantitative estimate of drug-likeness (QED) is 0.638. The van der Waals surface area contributed by atoms with Crippen LogP contribution >= 0.6 is 0 Å². The predicted molar refractivity (Wildman–Crippen MR) is 26.2 cm³/mol. The highest BCUT2D eigenvalue weighted by molar-refractivity contribution is 5.14. The molecule has 0 atom stereocenters. The van der Waals surface area contributed by atoms with E-state index in [0.29, 0.717) is 0 Å². The maximum atomic E-state index is 11.9. The van der Waals surface area contributed by atoms with Gasteiger partial charge in [0.05, 0.1) is 0 Å². The van der Waals surface area contributed by atoms with Crippen molar-refractivity contribution in [1.82, 2.24) is 0 Å². The molecule has 14 heavy (non-hydrogen) atoms. The largest absolute Gasteiger partial charge is 0.445 e. The van der Waals surface area contributed by atoms with Gasteiger partial charge < -0.3 is 0 Å². The lowest BCUT2D eigenvalue weighted by molar-refractivity contribution is -0.137. The maximum absolute atomic E-state index is 11.9. The van der Waals surface area contributed by atoms with E-state index in [-0.39, 0.29) is 0 Å². The molecule has 0 heterocycles. The summed E-state index contributed by atoms with van der Waals surface area (Å²) in [7, 11) is 0. The van der Waals surface area contributed by atoms with Crippen LogP contribution in [0.5, 0.6) is 0 Å². The Morgan fingerprint density at radius 2 is 1.14 bits per heavy atom. The van der Waals surface area contributed by atoms with E-state index in [1.807, 2.05) is 0 Å². The Balaban J connectivity index is 5.21. The lowest BCUT2D eigenvalue weighted by atomic mass is 10.2. The third kappa shape index (κ3) is 2.55. The molecule has 0 saturated carbocycles. The topological polar surface area (TPSA) is 0 Å². The molecule has 0 amide bonds. The van der Waals surface area contributed by atoms with Crippen LogP contribution in [0, 0.1) is 0 Å². The Hall–Kier alpha value is -0.890. The van der Waals surface area contributed by atoms with Crippen LogP contribution in [-0.2, 0) is 0 Å². The second kappa shape index (κ2) is 3.70. The predicted octanol–water partition coefficient (Wildman–Crippen LogP) is 3.60. The van der Waals surface area contributed by atoms with Gasteiger partial charge in [0.1, 0.15) is 0 Å². The van der Waals surface area contributed by atoms with Gasteiger partial charge in [-0.3, -0.25) is 0 Å². The molecule has 9 heteroatoms. The Morgan fingerprint density at radius 3 is 1.36 bits per heavy atom. The van der Waals surface area contributed by atoms with Crippen LogP contribution in [0.1, 0.15) is 0 Å². The van der Waals surface area contributed by atoms with Crippen molar-refractivity contribution in [2.75, 3.05) is 0 Å². The van der Waals surface area contributed by atoms with Gasteiger partial charge in [-0.2, -0.15) is 26.3 Å². The molecule has 0 aliphatic heterocycles. The van der Waals surface area contributed by atoms with E-state index in [2.05, 4.69) is 0 Å². The van der Waals surface area contributed by atoms with Crippen LogP contribution < -0.4 is 0 Å². The van der Waals surface area contributed by atoms with Crippen LogP contribution in [0.4, 0.5) is 39.5 Å². The molecule has 0 N–H and O–H groups in total. The monoisotopic (exact) mass is 232 g/mol. The van der Waals surface area contributed by atoms with Crippen LogP contribution in [0.2, 0.25) is 0 Å². The zero-order chi connectivity index (χ0) is 11.7. The molecule has 0 aromatic carbocycles. The summed E-state index contributed by atoms with van der Waals surface area (Å²) in [6.45, 7) is 0. The van der Waals surface area contributed by atoms with E-state index in [1.165, 1.54) is 0 Å². The maximum Gasteiger partial charge on any atom is 0.445 e. The molecule has 0 aromatic heterocycles. The molecule has 0 spiro atoms. The second-order valence-corrected chi connectivity index (χ2v) is 2.05. The van der Waals surface area contributed by atoms with Crippen LogP contribution in [0.25, 0.3) is 0 Å². The number of alkyl halides is 7. The first-order valence-corrected chi connectivity index (χ1v) is 2.80. The zero-order valence-corrected chi connectivity index (χ0v) is 5.98. The summed E-state index contributed by atoms with van der Waals surface area (Å²) in [6.07, 6.45) is -10.8. The molecule has 84 valence electrons. The van der Waals surface area contributed by atoms with Gasteiger partial charge >= 0.3 is 18.5 Å². The van der Waals surface area contributed by atoms with Gasteiger partial charge in [0, 0.05) is 0 Å². The first-order valence-electron chi connectivity index (χ1n) is 2.80. The normalized spacial score (nSPS) is 15.9. The third-order valence-corrected chi connectivity index (χ3v) is 1.01. The number of halogens is 9. The first-order chi connectivity index (χ1) is 6.01. The lowest BCUT2D eigenvalue weighted by Gasteiger charge is -2.14. The van der Waals surface area contributed by atoms with Crippen molar-refractivity contribution in [2.45, 2.75) is 18.5 Å². The van der Waals surface area contributed by atoms with E-state index in [0.717, 1.165) is 0 Å². The standard InChI is InChI=1S/C5HF9/c6-1(2(7)5(12,13)14)4(10,11)3(8)9/h3H/b2-1+. The van der Waals surface area contributed by atoms with E-state index >= 15 is 0 Å². The molecule has 0 rings (SSSR count). The van der Waals surface area contributed by atoms with Gasteiger partial charge in [-0.25, -0.2) is 13.2 Å². The Morgan fingerprint density at radius 1 is 0.786 bits per heavy atom. The zero-order valence-electron chi connectivity index (χ0n) is 5.98. The fourth-order valence-corrected chi connectivity index (χ4v) is 0.367. The summed E-state index contributed by atoms with van der Waals surface area (Å²) in [5.41, 5.74) is 0. The molecule has 0 nitrogen and oxygen atoms in total. The molecule has 0 aliphatic rings. The van der Waals surface area contributed by atoms with Gasteiger partial charge in [0.2, 0.25) is 11.7 Å². The minimum absolute atomic E-state index is 3.82. The number of rotatable bonds is 2. The summed E-state index contributed by atoms with van der Waals surface area (Å²) in [4.78, 5) is 0. The van der Waals surface area contributed by atoms with Gasteiger partial charge in [-0.1, -0.05) is 0 Å². The van der Waals surface area contributed by atoms with Crippen molar-refractivity contribution in [3.05, 3.63) is 11.7 Å². The highest BCUT2D eigenvalue weighted by Gasteiger charge is 2.52. The van der Waals surface area contributed by atoms with E-state index < -0.39 is 30.2 Å². The number of allylic oxidation sites excluding steroid dienone is 2. The van der Waals surface area contributed by atoms with Crippen LogP contribution in [-0.4, -0.2) is 18.5 Å². The highest BCUT2D eigenvalue weighted by atomic mass is 19.4. The minimum Gasteiger partial charge on any atom is -0.203 e. The molecule has 0 radical (unpaired) electrons. The Kier molecular flexibility index (Phi) is 3.46. The van der Waals surface area contributed by atoms with E-state index in [9.17, 15) is 39.5 Å². The average Bonchev–Trinajstić information content (AvgIpc) is 1.99. The fourth-order valence-electron chi connectivity index (χ4n) is 0.367. The molecular weight excluding hydrogens is 231 g/mol. The van der Waals surface area contributed by atoms with Crippen molar-refractivity contribution in [2.24, 2.45) is 0 Å². The summed E-state index contributed by atoms with van der Waals surface area (Å²) in [6, 6.07) is 0. The Labute approximate surface area is 71.0 Å². The Bertz CT molecular complexity index is 234. The summed E-state index contributed by atoms with van der Waals surface area (Å²) < 4.78 is 103. The van der Waals surface area contributed by atoms with Crippen LogP contribution in [0.15, 0.2) is 11.7 Å². The second-order valence-electron chi connectivity index (χ2n) is 2.05. The van der Waals surface area contributed by atoms with E-state index in [4.69, 9.17) is 0 Å². The molecule has 0 bridgehead atoms. The molecule has 0 fully saturated rings. The van der Waals surface area contributed by atoms with Crippen molar-refractivity contribution in [3.63, 3.8) is 0 Å². The molecule has 0 aliphatic carbocycles. The molecule has 0 unspecified atom stereocenters. The molecule has 0 aromatic rings. The molecule has 0 saturated heterocycles.